The molecule has 0 spiro atoms. The van der Waals surface area contributed by atoms with E-state index in [-0.39, 0.29) is 10.8 Å². The van der Waals surface area contributed by atoms with Crippen LogP contribution in [0.15, 0.2) is 0 Å². The molecule has 1 fully saturated rings. The van der Waals surface area contributed by atoms with Crippen molar-refractivity contribution in [1.29, 1.82) is 0 Å². The highest BCUT2D eigenvalue weighted by molar-refractivity contribution is 5.04. The molecule has 0 amide bonds. The molecule has 4 nitrogen and oxygen atoms in total. The van der Waals surface area contributed by atoms with Gasteiger partial charge in [-0.25, -0.2) is 0 Å². The minimum Gasteiger partial charge on any atom is -0.380 e. The van der Waals surface area contributed by atoms with Crippen LogP contribution in [0.5, 0.6) is 0 Å². The first-order chi connectivity index (χ1) is 14.0. The van der Waals surface area contributed by atoms with E-state index in [1.165, 1.54) is 38.5 Å². The van der Waals surface area contributed by atoms with E-state index < -0.39 is 5.97 Å². The largest absolute Gasteiger partial charge is 0.380 e. The topological polar surface area (TPSA) is 36.9 Å². The molecule has 1 aliphatic heterocycles. The number of ether oxygens (including phenoxy) is 4. The molecular formula is C25H50O4. The third-order valence-electron chi connectivity index (χ3n) is 6.80. The van der Waals surface area contributed by atoms with Gasteiger partial charge in [-0.3, -0.25) is 0 Å². The van der Waals surface area contributed by atoms with Gasteiger partial charge in [-0.2, -0.15) is 0 Å². The van der Waals surface area contributed by atoms with Gasteiger partial charge in [0.15, 0.2) is 0 Å². The lowest BCUT2D eigenvalue weighted by atomic mass is 9.57. The van der Waals surface area contributed by atoms with Gasteiger partial charge in [0.2, 0.25) is 0 Å². The summed E-state index contributed by atoms with van der Waals surface area (Å²) in [6, 6.07) is 0. The van der Waals surface area contributed by atoms with E-state index in [0.717, 1.165) is 45.3 Å². The van der Waals surface area contributed by atoms with Gasteiger partial charge >= 0.3 is 0 Å². The molecule has 0 aromatic heterocycles. The van der Waals surface area contributed by atoms with Crippen LogP contribution in [0.3, 0.4) is 0 Å². The zero-order chi connectivity index (χ0) is 21.6. The summed E-state index contributed by atoms with van der Waals surface area (Å²) < 4.78 is 25.4. The van der Waals surface area contributed by atoms with E-state index in [1.54, 1.807) is 0 Å². The summed E-state index contributed by atoms with van der Waals surface area (Å²) in [7, 11) is 0. The average Bonchev–Trinajstić information content (AvgIpc) is 2.69. The Morgan fingerprint density at radius 1 is 0.690 bits per heavy atom. The second kappa shape index (κ2) is 14.0. The van der Waals surface area contributed by atoms with E-state index in [1.807, 2.05) is 0 Å². The molecule has 1 aliphatic rings. The molecule has 1 unspecified atom stereocenters. The lowest BCUT2D eigenvalue weighted by Gasteiger charge is -2.60. The van der Waals surface area contributed by atoms with Crippen molar-refractivity contribution in [2.45, 2.75) is 118 Å². The fourth-order valence-corrected chi connectivity index (χ4v) is 4.58. The minimum absolute atomic E-state index is 0.0473. The number of rotatable bonds is 19. The Hall–Kier alpha value is -0.160. The predicted octanol–water partition coefficient (Wildman–Crippen LogP) is 7.10. The van der Waals surface area contributed by atoms with Crippen LogP contribution in [-0.4, -0.2) is 39.0 Å². The van der Waals surface area contributed by atoms with Crippen molar-refractivity contribution < 1.29 is 18.9 Å². The van der Waals surface area contributed by atoms with Crippen LogP contribution in [0.1, 0.15) is 112 Å². The standard InChI is InChI=1S/C25H50O4/c1-7-12-13-14-15-16-17-23(6,24(11-5)21-26-22-24)25(27-18-8-2,28-19-9-3)29-20-10-4/h7-22H2,1-6H3. The summed E-state index contributed by atoms with van der Waals surface area (Å²) in [5.74, 6) is -0.988. The maximum atomic E-state index is 6.53. The molecule has 0 radical (unpaired) electrons. The maximum Gasteiger partial charge on any atom is 0.289 e. The van der Waals surface area contributed by atoms with Gasteiger partial charge in [-0.05, 0) is 32.1 Å². The van der Waals surface area contributed by atoms with Crippen LogP contribution < -0.4 is 0 Å². The first-order valence-corrected chi connectivity index (χ1v) is 12.5. The Kier molecular flexibility index (Phi) is 13.0. The minimum atomic E-state index is -0.988. The highest BCUT2D eigenvalue weighted by atomic mass is 16.9. The van der Waals surface area contributed by atoms with Crippen LogP contribution in [0.2, 0.25) is 0 Å². The SMILES string of the molecule is CCCCCCCCC(C)(C1(CC)COC1)C(OCCC)(OCCC)OCCC. The number of hydrogen-bond acceptors (Lipinski definition) is 4. The molecule has 0 aromatic rings. The van der Waals surface area contributed by atoms with Gasteiger partial charge in [0, 0.05) is 5.41 Å². The van der Waals surface area contributed by atoms with Gasteiger partial charge in [0.1, 0.15) is 0 Å². The fraction of sp³-hybridized carbons (Fsp3) is 1.00. The highest BCUT2D eigenvalue weighted by Gasteiger charge is 2.65. The zero-order valence-electron chi connectivity index (χ0n) is 20.4. The smallest absolute Gasteiger partial charge is 0.289 e. The Morgan fingerprint density at radius 2 is 1.17 bits per heavy atom. The fourth-order valence-electron chi connectivity index (χ4n) is 4.58. The maximum absolute atomic E-state index is 6.53. The molecule has 0 bridgehead atoms. The molecule has 174 valence electrons. The van der Waals surface area contributed by atoms with Crippen molar-refractivity contribution in [3.63, 3.8) is 0 Å². The molecule has 0 aromatic carbocycles. The summed E-state index contributed by atoms with van der Waals surface area (Å²) in [6.45, 7) is 16.9. The van der Waals surface area contributed by atoms with Crippen molar-refractivity contribution in [2.75, 3.05) is 33.0 Å². The summed E-state index contributed by atoms with van der Waals surface area (Å²) in [5.41, 5.74) is -0.192. The third kappa shape index (κ3) is 6.66. The van der Waals surface area contributed by atoms with Crippen LogP contribution in [0.4, 0.5) is 0 Å². The second-order valence-electron chi connectivity index (χ2n) is 9.08. The van der Waals surface area contributed by atoms with Crippen LogP contribution in [0, 0.1) is 10.8 Å². The summed E-state index contributed by atoms with van der Waals surface area (Å²) in [5, 5.41) is 0. The monoisotopic (exact) mass is 414 g/mol. The van der Waals surface area contributed by atoms with Gasteiger partial charge in [-0.1, -0.05) is 80.1 Å². The highest BCUT2D eigenvalue weighted by Crippen LogP contribution is 2.58. The van der Waals surface area contributed by atoms with Gasteiger partial charge in [-0.15, -0.1) is 0 Å². The first kappa shape index (κ1) is 26.9. The predicted molar refractivity (Wildman–Crippen MR) is 121 cm³/mol. The molecular weight excluding hydrogens is 364 g/mol. The normalized spacial score (nSPS) is 18.4. The summed E-state index contributed by atoms with van der Waals surface area (Å²) >= 11 is 0. The van der Waals surface area contributed by atoms with E-state index in [2.05, 4.69) is 41.5 Å². The van der Waals surface area contributed by atoms with Gasteiger partial charge in [0.25, 0.3) is 5.97 Å². The molecule has 1 rings (SSSR count). The van der Waals surface area contributed by atoms with Crippen molar-refractivity contribution >= 4 is 0 Å². The van der Waals surface area contributed by atoms with Crippen molar-refractivity contribution in [1.82, 2.24) is 0 Å². The molecule has 0 aliphatic carbocycles. The Bertz CT molecular complexity index is 380. The van der Waals surface area contributed by atoms with Gasteiger partial charge < -0.3 is 18.9 Å². The summed E-state index contributed by atoms with van der Waals surface area (Å²) in [6.07, 6.45) is 12.7. The van der Waals surface area contributed by atoms with Crippen molar-refractivity contribution in [3.05, 3.63) is 0 Å². The van der Waals surface area contributed by atoms with Crippen LogP contribution in [-0.2, 0) is 18.9 Å². The van der Waals surface area contributed by atoms with Crippen molar-refractivity contribution in [3.8, 4) is 0 Å². The van der Waals surface area contributed by atoms with E-state index in [4.69, 9.17) is 18.9 Å². The Morgan fingerprint density at radius 3 is 1.55 bits per heavy atom. The average molecular weight is 415 g/mol. The number of hydrogen-bond donors (Lipinski definition) is 0. The second-order valence-corrected chi connectivity index (χ2v) is 9.08. The molecule has 4 heteroatoms. The van der Waals surface area contributed by atoms with E-state index >= 15 is 0 Å². The first-order valence-electron chi connectivity index (χ1n) is 12.5. The zero-order valence-corrected chi connectivity index (χ0v) is 20.4. The number of unbranched alkanes of at least 4 members (excludes halogenated alkanes) is 5. The molecule has 1 heterocycles. The Balaban J connectivity index is 3.14. The molecule has 1 atom stereocenters. The van der Waals surface area contributed by atoms with Crippen LogP contribution in [0.25, 0.3) is 0 Å². The molecule has 29 heavy (non-hydrogen) atoms. The lowest BCUT2D eigenvalue weighted by molar-refractivity contribution is -0.458. The van der Waals surface area contributed by atoms with Crippen molar-refractivity contribution in [2.24, 2.45) is 10.8 Å². The van der Waals surface area contributed by atoms with Crippen LogP contribution >= 0.6 is 0 Å². The van der Waals surface area contributed by atoms with E-state index in [9.17, 15) is 0 Å². The lowest BCUT2D eigenvalue weighted by Crippen LogP contribution is -2.66. The quantitative estimate of drug-likeness (QED) is 0.167. The summed E-state index contributed by atoms with van der Waals surface area (Å²) in [4.78, 5) is 0. The third-order valence-corrected chi connectivity index (χ3v) is 6.80. The Labute approximate surface area is 181 Å². The molecule has 0 saturated carbocycles. The van der Waals surface area contributed by atoms with Gasteiger partial charge in [0.05, 0.1) is 38.4 Å². The van der Waals surface area contributed by atoms with E-state index in [0.29, 0.717) is 19.8 Å². The molecule has 1 saturated heterocycles. The molecule has 0 N–H and O–H groups in total.